The summed E-state index contributed by atoms with van der Waals surface area (Å²) < 4.78 is 12.7. The monoisotopic (exact) mass is 546 g/mol. The zero-order valence-electron chi connectivity index (χ0n) is 22.5. The fourth-order valence-electron chi connectivity index (χ4n) is 5.13. The molecule has 0 saturated carbocycles. The van der Waals surface area contributed by atoms with Crippen molar-refractivity contribution in [2.24, 2.45) is 4.99 Å². The van der Waals surface area contributed by atoms with Gasteiger partial charge in [0.25, 0.3) is 5.91 Å². The van der Waals surface area contributed by atoms with Crippen LogP contribution in [0.15, 0.2) is 17.1 Å². The van der Waals surface area contributed by atoms with Crippen LogP contribution in [0, 0.1) is 0 Å². The van der Waals surface area contributed by atoms with E-state index < -0.39 is 0 Å². The smallest absolute Gasteiger partial charge is 0.256 e. The molecule has 0 N–H and O–H groups in total. The SMILES string of the molecule is COc1cc2c(cc1OCCCCCCCCCSC(=S)N1CCN(C)CC1)N=C[C@@H]1CCCN1C2=O. The van der Waals surface area contributed by atoms with Crippen LogP contribution in [0.4, 0.5) is 5.69 Å². The number of piperazine rings is 1. The number of hydrogen-bond acceptors (Lipinski definition) is 7. The van der Waals surface area contributed by atoms with E-state index in [9.17, 15) is 4.79 Å². The third-order valence-corrected chi connectivity index (χ3v) is 9.10. The highest BCUT2D eigenvalue weighted by molar-refractivity contribution is 8.22. The summed E-state index contributed by atoms with van der Waals surface area (Å²) in [6.07, 6.45) is 12.4. The molecule has 4 rings (SSSR count). The second kappa shape index (κ2) is 14.4. The highest BCUT2D eigenvalue weighted by Gasteiger charge is 2.32. The number of ether oxygens (including phenoxy) is 2. The number of fused-ring (bicyclic) bond motifs is 2. The number of benzene rings is 1. The topological polar surface area (TPSA) is 57.6 Å². The van der Waals surface area contributed by atoms with E-state index in [0.717, 1.165) is 68.5 Å². The van der Waals surface area contributed by atoms with Crippen LogP contribution in [0.3, 0.4) is 0 Å². The van der Waals surface area contributed by atoms with Gasteiger partial charge in [0.05, 0.1) is 31.0 Å². The van der Waals surface area contributed by atoms with Crippen molar-refractivity contribution in [3.63, 3.8) is 0 Å². The molecular weight excluding hydrogens is 504 g/mol. The van der Waals surface area contributed by atoms with Gasteiger partial charge >= 0.3 is 0 Å². The number of thioether (sulfide) groups is 1. The van der Waals surface area contributed by atoms with E-state index in [1.807, 2.05) is 28.9 Å². The maximum absolute atomic E-state index is 13.0. The lowest BCUT2D eigenvalue weighted by Gasteiger charge is -2.33. The van der Waals surface area contributed by atoms with Gasteiger partial charge in [0.2, 0.25) is 0 Å². The fraction of sp³-hybridized carbons (Fsp3) is 0.679. The number of amides is 1. The first-order valence-corrected chi connectivity index (χ1v) is 15.3. The van der Waals surface area contributed by atoms with E-state index in [4.69, 9.17) is 21.7 Å². The summed E-state index contributed by atoms with van der Waals surface area (Å²) in [7, 11) is 3.80. The number of carbonyl (C=O) groups excluding carboxylic acids is 1. The van der Waals surface area contributed by atoms with E-state index in [-0.39, 0.29) is 11.9 Å². The molecule has 1 aromatic rings. The number of likely N-dealkylation sites (N-methyl/N-ethyl adjacent to an activating group) is 1. The van der Waals surface area contributed by atoms with Crippen molar-refractivity contribution in [1.29, 1.82) is 0 Å². The van der Waals surface area contributed by atoms with Crippen LogP contribution in [-0.2, 0) is 0 Å². The molecular formula is C28H42N4O3S2. The Balaban J connectivity index is 1.08. The van der Waals surface area contributed by atoms with Crippen LogP contribution in [0.2, 0.25) is 0 Å². The predicted molar refractivity (Wildman–Crippen MR) is 157 cm³/mol. The first-order valence-electron chi connectivity index (χ1n) is 13.9. The first kappa shape index (κ1) is 28.2. The summed E-state index contributed by atoms with van der Waals surface area (Å²) in [5.41, 5.74) is 1.28. The number of unbranched alkanes of at least 4 members (excludes halogenated alkanes) is 6. The number of aliphatic imine (C=N–C) groups is 1. The van der Waals surface area contributed by atoms with Crippen molar-refractivity contribution in [2.75, 3.05) is 59.2 Å². The Labute approximate surface area is 231 Å². The van der Waals surface area contributed by atoms with E-state index in [2.05, 4.69) is 21.8 Å². The third-order valence-electron chi connectivity index (χ3n) is 7.49. The van der Waals surface area contributed by atoms with Crippen molar-refractivity contribution in [3.8, 4) is 11.5 Å². The Morgan fingerprint density at radius 1 is 1.03 bits per heavy atom. The van der Waals surface area contributed by atoms with Gasteiger partial charge in [-0.2, -0.15) is 0 Å². The molecule has 0 aliphatic carbocycles. The van der Waals surface area contributed by atoms with E-state index in [0.29, 0.717) is 29.4 Å². The molecule has 9 heteroatoms. The average molecular weight is 547 g/mol. The van der Waals surface area contributed by atoms with Crippen molar-refractivity contribution in [3.05, 3.63) is 17.7 Å². The molecule has 7 nitrogen and oxygen atoms in total. The van der Waals surface area contributed by atoms with Gasteiger partial charge < -0.3 is 24.2 Å². The highest BCUT2D eigenvalue weighted by Crippen LogP contribution is 2.38. The van der Waals surface area contributed by atoms with Gasteiger partial charge in [0.15, 0.2) is 11.5 Å². The van der Waals surface area contributed by atoms with Crippen LogP contribution in [0.25, 0.3) is 0 Å². The van der Waals surface area contributed by atoms with Gasteiger partial charge in [0, 0.05) is 50.8 Å². The Kier molecular flexibility index (Phi) is 10.9. The summed E-state index contributed by atoms with van der Waals surface area (Å²) >= 11 is 7.46. The zero-order valence-corrected chi connectivity index (χ0v) is 24.1. The molecule has 3 heterocycles. The Morgan fingerprint density at radius 2 is 1.76 bits per heavy atom. The molecule has 0 spiro atoms. The lowest BCUT2D eigenvalue weighted by molar-refractivity contribution is 0.0774. The number of rotatable bonds is 12. The Hall–Kier alpha value is -1.84. The second-order valence-electron chi connectivity index (χ2n) is 10.2. The molecule has 0 bridgehead atoms. The summed E-state index contributed by atoms with van der Waals surface area (Å²) in [5, 5.41) is 0. The number of hydrogen-bond donors (Lipinski definition) is 0. The van der Waals surface area contributed by atoms with Gasteiger partial charge in [-0.15, -0.1) is 0 Å². The van der Waals surface area contributed by atoms with Crippen molar-refractivity contribution in [1.82, 2.24) is 14.7 Å². The summed E-state index contributed by atoms with van der Waals surface area (Å²) in [6.45, 7) is 5.79. The van der Waals surface area contributed by atoms with E-state index in [1.165, 1.54) is 32.1 Å². The number of methoxy groups -OCH3 is 1. The maximum Gasteiger partial charge on any atom is 0.256 e. The lowest BCUT2D eigenvalue weighted by Crippen LogP contribution is -2.45. The van der Waals surface area contributed by atoms with Crippen LogP contribution < -0.4 is 9.47 Å². The minimum Gasteiger partial charge on any atom is -0.493 e. The quantitative estimate of drug-likeness (QED) is 0.257. The van der Waals surface area contributed by atoms with Gasteiger partial charge in [-0.25, -0.2) is 0 Å². The largest absolute Gasteiger partial charge is 0.493 e. The number of nitrogens with zero attached hydrogens (tertiary/aromatic N) is 4. The third kappa shape index (κ3) is 7.83. The molecule has 37 heavy (non-hydrogen) atoms. The molecule has 3 aliphatic rings. The zero-order chi connectivity index (χ0) is 26.0. The number of thiocarbonyl (C=S) groups is 1. The van der Waals surface area contributed by atoms with Crippen LogP contribution in [0.1, 0.15) is 68.1 Å². The first-order chi connectivity index (χ1) is 18.1. The molecule has 0 unspecified atom stereocenters. The fourth-order valence-corrected chi connectivity index (χ4v) is 6.45. The van der Waals surface area contributed by atoms with Crippen molar-refractivity contribution in [2.45, 2.75) is 63.8 Å². The predicted octanol–water partition coefficient (Wildman–Crippen LogP) is 5.39. The molecule has 2 fully saturated rings. The molecule has 1 aromatic carbocycles. The van der Waals surface area contributed by atoms with Crippen molar-refractivity contribution < 1.29 is 14.3 Å². The average Bonchev–Trinajstić information content (AvgIpc) is 3.34. The van der Waals surface area contributed by atoms with Crippen LogP contribution >= 0.6 is 24.0 Å². The molecule has 1 amide bonds. The van der Waals surface area contributed by atoms with Gasteiger partial charge in [-0.3, -0.25) is 9.79 Å². The Morgan fingerprint density at radius 3 is 2.51 bits per heavy atom. The van der Waals surface area contributed by atoms with Gasteiger partial charge in [-0.1, -0.05) is 56.1 Å². The Bertz CT molecular complexity index is 950. The van der Waals surface area contributed by atoms with Gasteiger partial charge in [0.1, 0.15) is 4.32 Å². The van der Waals surface area contributed by atoms with Crippen LogP contribution in [-0.4, -0.2) is 96.4 Å². The van der Waals surface area contributed by atoms with E-state index >= 15 is 0 Å². The maximum atomic E-state index is 13.0. The lowest BCUT2D eigenvalue weighted by atomic mass is 10.1. The van der Waals surface area contributed by atoms with E-state index in [1.54, 1.807) is 13.2 Å². The molecule has 0 aromatic heterocycles. The minimum atomic E-state index is 0.0381. The van der Waals surface area contributed by atoms with Crippen LogP contribution in [0.5, 0.6) is 11.5 Å². The molecule has 3 aliphatic heterocycles. The summed E-state index contributed by atoms with van der Waals surface area (Å²) in [5.74, 6) is 2.44. The normalized spacial score (nSPS) is 19.5. The molecule has 1 atom stereocenters. The van der Waals surface area contributed by atoms with Gasteiger partial charge in [-0.05, 0) is 38.8 Å². The molecule has 0 radical (unpaired) electrons. The summed E-state index contributed by atoms with van der Waals surface area (Å²) in [4.78, 5) is 24.2. The standard InChI is InChI=1S/C28H42N4O3S2/c1-30-13-15-31(16-14-30)28(36)37-18-9-7-5-3-4-6-8-17-35-26-20-24-23(19-25(26)34-2)27(33)32-12-10-11-22(32)21-29-24/h19-22H,3-18H2,1-2H3/t22-/m0/s1. The second-order valence-corrected chi connectivity index (χ2v) is 12.0. The highest BCUT2D eigenvalue weighted by atomic mass is 32.2. The summed E-state index contributed by atoms with van der Waals surface area (Å²) in [6, 6.07) is 3.76. The minimum absolute atomic E-state index is 0.0381. The molecule has 2 saturated heterocycles. The van der Waals surface area contributed by atoms with Crippen molar-refractivity contribution >= 4 is 46.1 Å². The number of carbonyl (C=O) groups is 1. The molecule has 204 valence electrons.